The molecule has 1 rings (SSSR count). The van der Waals surface area contributed by atoms with E-state index in [1.165, 1.54) is 12.4 Å². The molecule has 0 fully saturated rings. The molecular weight excluding hydrogens is 224 g/mol. The predicted octanol–water partition coefficient (Wildman–Crippen LogP) is -0.107. The van der Waals surface area contributed by atoms with Crippen molar-refractivity contribution in [1.82, 2.24) is 10.3 Å². The van der Waals surface area contributed by atoms with Crippen molar-refractivity contribution in [2.45, 2.75) is 0 Å². The van der Waals surface area contributed by atoms with E-state index in [2.05, 4.69) is 10.3 Å². The summed E-state index contributed by atoms with van der Waals surface area (Å²) < 4.78 is 0. The number of rotatable bonds is 3. The minimum absolute atomic E-state index is 0. The molecule has 0 aliphatic heterocycles. The van der Waals surface area contributed by atoms with Crippen molar-refractivity contribution < 1.29 is 32.1 Å². The molecule has 0 aromatic carbocycles. The Morgan fingerprint density at radius 1 is 1.50 bits per heavy atom. The summed E-state index contributed by atoms with van der Waals surface area (Å²) in [6.45, 7) is -0.381. The van der Waals surface area contributed by atoms with Crippen LogP contribution in [0.2, 0.25) is 0 Å². The average molecular weight is 232 g/mol. The van der Waals surface area contributed by atoms with Crippen LogP contribution >= 0.6 is 0 Å². The summed E-state index contributed by atoms with van der Waals surface area (Å²) in [5.41, 5.74) is 0.351. The largest absolute Gasteiger partial charge is 0.480 e. The topological polar surface area (TPSA) is 79.3 Å². The third-order valence-corrected chi connectivity index (χ3v) is 1.32. The van der Waals surface area contributed by atoms with Gasteiger partial charge in [0.25, 0.3) is 5.91 Å². The number of carbonyl (C=O) groups excluding carboxylic acids is 1. The Kier molecular flexibility index (Phi) is 5.53. The number of hydrogen-bond acceptors (Lipinski definition) is 3. The molecule has 1 amide bonds. The third-order valence-electron chi connectivity index (χ3n) is 1.32. The van der Waals surface area contributed by atoms with Crippen LogP contribution in [0.5, 0.6) is 0 Å². The molecule has 0 bridgehead atoms. The first-order valence-electron chi connectivity index (χ1n) is 3.60. The van der Waals surface area contributed by atoms with Gasteiger partial charge in [0.05, 0.1) is 5.56 Å². The van der Waals surface area contributed by atoms with Gasteiger partial charge in [-0.25, -0.2) is 0 Å². The Bertz CT molecular complexity index is 316. The van der Waals surface area contributed by atoms with E-state index in [4.69, 9.17) is 5.11 Å². The molecule has 0 aliphatic rings. The number of carbonyl (C=O) groups is 2. The minimum atomic E-state index is -1.07. The maximum Gasteiger partial charge on any atom is 0.322 e. The predicted molar refractivity (Wildman–Crippen MR) is 44.2 cm³/mol. The van der Waals surface area contributed by atoms with Crippen LogP contribution in [-0.4, -0.2) is 28.5 Å². The van der Waals surface area contributed by atoms with Crippen molar-refractivity contribution in [2.24, 2.45) is 0 Å². The molecule has 0 saturated carbocycles. The van der Waals surface area contributed by atoms with E-state index in [1.54, 1.807) is 12.1 Å². The van der Waals surface area contributed by atoms with E-state index in [1.807, 2.05) is 0 Å². The smallest absolute Gasteiger partial charge is 0.322 e. The van der Waals surface area contributed by atoms with Crippen molar-refractivity contribution in [3.8, 4) is 0 Å². The number of pyridine rings is 1. The van der Waals surface area contributed by atoms with Gasteiger partial charge >= 0.3 is 5.97 Å². The second kappa shape index (κ2) is 6.13. The Morgan fingerprint density at radius 3 is 2.71 bits per heavy atom. The fourth-order valence-corrected chi connectivity index (χ4v) is 0.755. The maximum absolute atomic E-state index is 11.1. The van der Waals surface area contributed by atoms with Crippen molar-refractivity contribution in [3.05, 3.63) is 30.1 Å². The molecule has 14 heavy (non-hydrogen) atoms. The molecular formula is C8H8CrN2O3. The van der Waals surface area contributed by atoms with Crippen LogP contribution in [0.1, 0.15) is 10.4 Å². The van der Waals surface area contributed by atoms with Gasteiger partial charge in [-0.1, -0.05) is 0 Å². The summed E-state index contributed by atoms with van der Waals surface area (Å²) in [5, 5.41) is 10.5. The van der Waals surface area contributed by atoms with Gasteiger partial charge in [0.15, 0.2) is 0 Å². The summed E-state index contributed by atoms with van der Waals surface area (Å²) in [5.74, 6) is -1.51. The van der Waals surface area contributed by atoms with E-state index < -0.39 is 11.9 Å². The van der Waals surface area contributed by atoms with Gasteiger partial charge in [-0.2, -0.15) is 0 Å². The molecule has 0 radical (unpaired) electrons. The molecule has 1 aromatic rings. The molecule has 0 saturated heterocycles. The van der Waals surface area contributed by atoms with Crippen LogP contribution in [0.25, 0.3) is 0 Å². The van der Waals surface area contributed by atoms with Crippen LogP contribution in [0.4, 0.5) is 0 Å². The van der Waals surface area contributed by atoms with Gasteiger partial charge in [-0.3, -0.25) is 14.6 Å². The fraction of sp³-hybridized carbons (Fsp3) is 0.125. The van der Waals surface area contributed by atoms with Crippen LogP contribution in [-0.2, 0) is 22.2 Å². The monoisotopic (exact) mass is 232 g/mol. The average Bonchev–Trinajstić information content (AvgIpc) is 2.15. The molecule has 0 aliphatic carbocycles. The Morgan fingerprint density at radius 2 is 2.21 bits per heavy atom. The minimum Gasteiger partial charge on any atom is -0.480 e. The Labute approximate surface area is 91.3 Å². The SMILES string of the molecule is O=C(O)CNC(=O)c1cccnc1.[Cr]. The number of nitrogens with zero attached hydrogens (tertiary/aromatic N) is 1. The van der Waals surface area contributed by atoms with E-state index >= 15 is 0 Å². The molecule has 0 spiro atoms. The third kappa shape index (κ3) is 4.03. The normalized spacial score (nSPS) is 8.57. The summed E-state index contributed by atoms with van der Waals surface area (Å²) in [4.78, 5) is 25.0. The standard InChI is InChI=1S/C8H8N2O3.Cr/c11-7(12)5-10-8(13)6-2-1-3-9-4-6;/h1-4H,5H2,(H,10,13)(H,11,12);. The van der Waals surface area contributed by atoms with E-state index in [-0.39, 0.29) is 23.9 Å². The number of aromatic nitrogens is 1. The maximum atomic E-state index is 11.1. The molecule has 1 aromatic heterocycles. The Hall–Kier alpha value is -1.38. The number of aliphatic carboxylic acids is 1. The van der Waals surface area contributed by atoms with Gasteiger partial charge in [-0.15, -0.1) is 0 Å². The molecule has 6 heteroatoms. The molecule has 0 unspecified atom stereocenters. The quantitative estimate of drug-likeness (QED) is 0.762. The Balaban J connectivity index is 0.00000169. The van der Waals surface area contributed by atoms with E-state index in [0.717, 1.165) is 0 Å². The van der Waals surface area contributed by atoms with E-state index in [0.29, 0.717) is 5.56 Å². The second-order valence-corrected chi connectivity index (χ2v) is 2.32. The van der Waals surface area contributed by atoms with Crippen LogP contribution in [0.3, 0.4) is 0 Å². The first-order chi connectivity index (χ1) is 6.20. The van der Waals surface area contributed by atoms with Crippen molar-refractivity contribution in [2.75, 3.05) is 6.54 Å². The first kappa shape index (κ1) is 12.6. The molecule has 5 nitrogen and oxygen atoms in total. The summed E-state index contributed by atoms with van der Waals surface area (Å²) in [6.07, 6.45) is 2.91. The molecule has 2 N–H and O–H groups in total. The van der Waals surface area contributed by atoms with Crippen LogP contribution < -0.4 is 5.32 Å². The molecule has 74 valence electrons. The van der Waals surface area contributed by atoms with Gasteiger partial charge in [0.1, 0.15) is 6.54 Å². The fourth-order valence-electron chi connectivity index (χ4n) is 0.755. The zero-order chi connectivity index (χ0) is 9.68. The zero-order valence-corrected chi connectivity index (χ0v) is 8.41. The second-order valence-electron chi connectivity index (χ2n) is 2.32. The van der Waals surface area contributed by atoms with Gasteiger partial charge in [0, 0.05) is 29.8 Å². The van der Waals surface area contributed by atoms with E-state index in [9.17, 15) is 9.59 Å². The van der Waals surface area contributed by atoms with Gasteiger partial charge in [-0.05, 0) is 12.1 Å². The van der Waals surface area contributed by atoms with Crippen molar-refractivity contribution in [1.29, 1.82) is 0 Å². The number of hydrogen-bond donors (Lipinski definition) is 2. The number of amides is 1. The van der Waals surface area contributed by atoms with Gasteiger partial charge in [0.2, 0.25) is 0 Å². The summed E-state index contributed by atoms with van der Waals surface area (Å²) in [7, 11) is 0. The number of carboxylic acid groups (broad SMARTS) is 1. The van der Waals surface area contributed by atoms with Crippen LogP contribution in [0, 0.1) is 0 Å². The molecule has 1 heterocycles. The van der Waals surface area contributed by atoms with Crippen molar-refractivity contribution >= 4 is 11.9 Å². The van der Waals surface area contributed by atoms with Crippen molar-refractivity contribution in [3.63, 3.8) is 0 Å². The number of carboxylic acids is 1. The summed E-state index contributed by atoms with van der Waals surface area (Å²) >= 11 is 0. The number of nitrogens with one attached hydrogen (secondary N) is 1. The van der Waals surface area contributed by atoms with Gasteiger partial charge < -0.3 is 10.4 Å². The first-order valence-corrected chi connectivity index (χ1v) is 3.60. The van der Waals surface area contributed by atoms with Crippen LogP contribution in [0.15, 0.2) is 24.5 Å². The summed E-state index contributed by atoms with van der Waals surface area (Å²) in [6, 6.07) is 3.17. The zero-order valence-electron chi connectivity index (χ0n) is 7.14. The molecule has 0 atom stereocenters.